The SMILES string of the molecule is N#Cc1cc(F)cc(COc2ccccc2CN)c1. The molecule has 2 rings (SSSR count). The van der Waals surface area contributed by atoms with Crippen molar-refractivity contribution in [2.24, 2.45) is 5.73 Å². The van der Waals surface area contributed by atoms with E-state index in [0.29, 0.717) is 17.9 Å². The number of benzene rings is 2. The Bertz CT molecular complexity index is 620. The van der Waals surface area contributed by atoms with Crippen molar-refractivity contribution in [3.8, 4) is 11.8 Å². The normalized spacial score (nSPS) is 9.95. The van der Waals surface area contributed by atoms with Crippen LogP contribution in [0.15, 0.2) is 42.5 Å². The quantitative estimate of drug-likeness (QED) is 0.915. The summed E-state index contributed by atoms with van der Waals surface area (Å²) in [6, 6.07) is 13.5. The molecule has 4 heteroatoms. The molecule has 0 aliphatic rings. The number of ether oxygens (including phenoxy) is 1. The van der Waals surface area contributed by atoms with Crippen LogP contribution < -0.4 is 10.5 Å². The summed E-state index contributed by atoms with van der Waals surface area (Å²) < 4.78 is 18.9. The fourth-order valence-electron chi connectivity index (χ4n) is 1.77. The maximum Gasteiger partial charge on any atom is 0.124 e. The van der Waals surface area contributed by atoms with Crippen molar-refractivity contribution >= 4 is 0 Å². The Hall–Kier alpha value is -2.38. The molecule has 3 nitrogen and oxygen atoms in total. The van der Waals surface area contributed by atoms with Gasteiger partial charge >= 0.3 is 0 Å². The highest BCUT2D eigenvalue weighted by Crippen LogP contribution is 2.19. The molecular weight excluding hydrogens is 243 g/mol. The zero-order valence-electron chi connectivity index (χ0n) is 10.3. The molecule has 0 spiro atoms. The second kappa shape index (κ2) is 5.98. The van der Waals surface area contributed by atoms with Gasteiger partial charge in [0.05, 0.1) is 11.6 Å². The molecule has 0 fully saturated rings. The minimum absolute atomic E-state index is 0.198. The standard InChI is InChI=1S/C15H13FN2O/c16-14-6-11(8-17)5-12(7-14)10-19-15-4-2-1-3-13(15)9-18/h1-7H,9-10,18H2. The van der Waals surface area contributed by atoms with Crippen molar-refractivity contribution in [1.29, 1.82) is 5.26 Å². The van der Waals surface area contributed by atoms with Crippen LogP contribution in [0.5, 0.6) is 5.75 Å². The van der Waals surface area contributed by atoms with E-state index in [9.17, 15) is 4.39 Å². The highest BCUT2D eigenvalue weighted by atomic mass is 19.1. The highest BCUT2D eigenvalue weighted by molar-refractivity contribution is 5.35. The molecule has 0 aromatic heterocycles. The smallest absolute Gasteiger partial charge is 0.124 e. The van der Waals surface area contributed by atoms with E-state index in [1.54, 1.807) is 6.07 Å². The van der Waals surface area contributed by atoms with E-state index < -0.39 is 5.82 Å². The van der Waals surface area contributed by atoms with Crippen LogP contribution in [0.25, 0.3) is 0 Å². The number of nitrogens with zero attached hydrogens (tertiary/aromatic N) is 1. The zero-order chi connectivity index (χ0) is 13.7. The molecule has 0 unspecified atom stereocenters. The first-order chi connectivity index (χ1) is 9.22. The lowest BCUT2D eigenvalue weighted by molar-refractivity contribution is 0.302. The number of nitrogens with two attached hydrogens (primary N) is 1. The van der Waals surface area contributed by atoms with Crippen molar-refractivity contribution < 1.29 is 9.13 Å². The van der Waals surface area contributed by atoms with Crippen molar-refractivity contribution in [2.45, 2.75) is 13.2 Å². The van der Waals surface area contributed by atoms with Gasteiger partial charge in [-0.05, 0) is 29.8 Å². The lowest BCUT2D eigenvalue weighted by atomic mass is 10.1. The largest absolute Gasteiger partial charge is 0.489 e. The molecule has 0 aliphatic heterocycles. The number of hydrogen-bond acceptors (Lipinski definition) is 3. The number of hydrogen-bond donors (Lipinski definition) is 1. The first-order valence-corrected chi connectivity index (χ1v) is 5.83. The van der Waals surface area contributed by atoms with Crippen LogP contribution in [0.2, 0.25) is 0 Å². The molecular formula is C15H13FN2O. The molecule has 2 aromatic rings. The molecule has 0 atom stereocenters. The summed E-state index contributed by atoms with van der Waals surface area (Å²) >= 11 is 0. The van der Waals surface area contributed by atoms with Gasteiger partial charge in [0.1, 0.15) is 18.2 Å². The molecule has 19 heavy (non-hydrogen) atoms. The Balaban J connectivity index is 2.15. The van der Waals surface area contributed by atoms with Crippen molar-refractivity contribution in [2.75, 3.05) is 0 Å². The van der Waals surface area contributed by atoms with Gasteiger partial charge in [0.2, 0.25) is 0 Å². The van der Waals surface area contributed by atoms with Crippen molar-refractivity contribution in [3.63, 3.8) is 0 Å². The van der Waals surface area contributed by atoms with E-state index in [4.69, 9.17) is 15.7 Å². The molecule has 0 amide bonds. The predicted octanol–water partition coefficient (Wildman–Crippen LogP) is 2.74. The molecule has 2 aromatic carbocycles. The number of rotatable bonds is 4. The summed E-state index contributed by atoms with van der Waals surface area (Å²) in [5.74, 6) is 0.234. The van der Waals surface area contributed by atoms with Gasteiger partial charge in [-0.3, -0.25) is 0 Å². The summed E-state index contributed by atoms with van der Waals surface area (Å²) in [6.07, 6.45) is 0. The van der Waals surface area contributed by atoms with Gasteiger partial charge in [0.15, 0.2) is 0 Å². The third-order valence-electron chi connectivity index (χ3n) is 2.67. The van der Waals surface area contributed by atoms with Gasteiger partial charge in [0, 0.05) is 12.1 Å². The van der Waals surface area contributed by atoms with Crippen LogP contribution in [-0.4, -0.2) is 0 Å². The first-order valence-electron chi connectivity index (χ1n) is 5.83. The molecule has 0 aliphatic carbocycles. The van der Waals surface area contributed by atoms with E-state index in [1.807, 2.05) is 30.3 Å². The van der Waals surface area contributed by atoms with Crippen LogP contribution in [0, 0.1) is 17.1 Å². The Morgan fingerprint density at radius 3 is 2.74 bits per heavy atom. The third kappa shape index (κ3) is 3.30. The van der Waals surface area contributed by atoms with Crippen LogP contribution in [0.1, 0.15) is 16.7 Å². The van der Waals surface area contributed by atoms with E-state index in [-0.39, 0.29) is 12.2 Å². The predicted molar refractivity (Wildman–Crippen MR) is 69.8 cm³/mol. The van der Waals surface area contributed by atoms with Gasteiger partial charge in [0.25, 0.3) is 0 Å². The van der Waals surface area contributed by atoms with E-state index in [1.165, 1.54) is 12.1 Å². The number of para-hydroxylation sites is 1. The molecule has 0 radical (unpaired) electrons. The zero-order valence-corrected chi connectivity index (χ0v) is 10.3. The summed E-state index contributed by atoms with van der Waals surface area (Å²) in [5, 5.41) is 8.78. The molecule has 0 saturated carbocycles. The fourth-order valence-corrected chi connectivity index (χ4v) is 1.77. The van der Waals surface area contributed by atoms with E-state index in [2.05, 4.69) is 0 Å². The maximum absolute atomic E-state index is 13.3. The van der Waals surface area contributed by atoms with Gasteiger partial charge in [-0.1, -0.05) is 18.2 Å². The molecule has 2 N–H and O–H groups in total. The third-order valence-corrected chi connectivity index (χ3v) is 2.67. The fraction of sp³-hybridized carbons (Fsp3) is 0.133. The Morgan fingerprint density at radius 2 is 2.00 bits per heavy atom. The average Bonchev–Trinajstić information content (AvgIpc) is 2.44. The topological polar surface area (TPSA) is 59.0 Å². The van der Waals surface area contributed by atoms with Gasteiger partial charge in [-0.25, -0.2) is 4.39 Å². The lowest BCUT2D eigenvalue weighted by Crippen LogP contribution is -2.03. The molecule has 0 saturated heterocycles. The molecule has 0 heterocycles. The lowest BCUT2D eigenvalue weighted by Gasteiger charge is -2.10. The monoisotopic (exact) mass is 256 g/mol. The summed E-state index contributed by atoms with van der Waals surface area (Å²) in [4.78, 5) is 0. The highest BCUT2D eigenvalue weighted by Gasteiger charge is 2.04. The van der Waals surface area contributed by atoms with E-state index in [0.717, 1.165) is 5.56 Å². The van der Waals surface area contributed by atoms with Crippen LogP contribution >= 0.6 is 0 Å². The van der Waals surface area contributed by atoms with Crippen LogP contribution in [0.4, 0.5) is 4.39 Å². The summed E-state index contributed by atoms with van der Waals surface area (Å²) in [6.45, 7) is 0.576. The summed E-state index contributed by atoms with van der Waals surface area (Å²) in [7, 11) is 0. The van der Waals surface area contributed by atoms with Gasteiger partial charge in [-0.2, -0.15) is 5.26 Å². The maximum atomic E-state index is 13.3. The van der Waals surface area contributed by atoms with Crippen LogP contribution in [0.3, 0.4) is 0 Å². The number of halogens is 1. The average molecular weight is 256 g/mol. The minimum Gasteiger partial charge on any atom is -0.489 e. The molecule has 0 bridgehead atoms. The Kier molecular flexibility index (Phi) is 4.11. The van der Waals surface area contributed by atoms with E-state index >= 15 is 0 Å². The van der Waals surface area contributed by atoms with Gasteiger partial charge < -0.3 is 10.5 Å². The van der Waals surface area contributed by atoms with Crippen molar-refractivity contribution in [3.05, 3.63) is 65.0 Å². The number of nitriles is 1. The van der Waals surface area contributed by atoms with Crippen molar-refractivity contribution in [1.82, 2.24) is 0 Å². The molecule has 96 valence electrons. The Labute approximate surface area is 111 Å². The summed E-state index contributed by atoms with van der Waals surface area (Å²) in [5.41, 5.74) is 7.39. The second-order valence-electron chi connectivity index (χ2n) is 4.06. The Morgan fingerprint density at radius 1 is 1.21 bits per heavy atom. The first kappa shape index (κ1) is 13.1. The van der Waals surface area contributed by atoms with Crippen LogP contribution in [-0.2, 0) is 13.2 Å². The minimum atomic E-state index is -0.440. The van der Waals surface area contributed by atoms with Gasteiger partial charge in [-0.15, -0.1) is 0 Å². The second-order valence-corrected chi connectivity index (χ2v) is 4.06.